The van der Waals surface area contributed by atoms with E-state index >= 15 is 0 Å². The molecule has 0 aromatic carbocycles. The molecule has 0 aliphatic heterocycles. The molecular weight excluding hydrogens is 242 g/mol. The molecule has 0 radical (unpaired) electrons. The minimum atomic E-state index is 0.349. The number of nitrogens with two attached hydrogens (primary N) is 1. The Bertz CT molecular complexity index is 416. The van der Waals surface area contributed by atoms with Crippen molar-refractivity contribution in [1.82, 2.24) is 4.98 Å². The van der Waals surface area contributed by atoms with E-state index in [0.29, 0.717) is 22.6 Å². The van der Waals surface area contributed by atoms with E-state index in [-0.39, 0.29) is 0 Å². The van der Waals surface area contributed by atoms with Crippen LogP contribution in [0.3, 0.4) is 0 Å². The van der Waals surface area contributed by atoms with Gasteiger partial charge in [0.2, 0.25) is 0 Å². The van der Waals surface area contributed by atoms with Gasteiger partial charge in [0.05, 0.1) is 17.6 Å². The zero-order valence-corrected chi connectivity index (χ0v) is 11.8. The second-order valence-corrected chi connectivity index (χ2v) is 5.88. The van der Waals surface area contributed by atoms with Crippen molar-refractivity contribution in [3.63, 3.8) is 0 Å². The average molecular weight is 263 g/mol. The van der Waals surface area contributed by atoms with Gasteiger partial charge in [0.15, 0.2) is 0 Å². The van der Waals surface area contributed by atoms with Crippen molar-refractivity contribution < 1.29 is 0 Å². The normalized spacial score (nSPS) is 27.8. The molecule has 0 bridgehead atoms. The molecule has 3 unspecified atom stereocenters. The molecule has 0 amide bonds. The number of thiocarbonyl (C=S) groups is 1. The van der Waals surface area contributed by atoms with Crippen molar-refractivity contribution in [1.29, 1.82) is 0 Å². The summed E-state index contributed by atoms with van der Waals surface area (Å²) in [5.41, 5.74) is 7.27. The van der Waals surface area contributed by atoms with E-state index in [1.165, 1.54) is 19.3 Å². The van der Waals surface area contributed by atoms with E-state index in [4.69, 9.17) is 18.0 Å². The summed E-state index contributed by atoms with van der Waals surface area (Å²) >= 11 is 4.89. The zero-order chi connectivity index (χ0) is 13.1. The first kappa shape index (κ1) is 13.3. The van der Waals surface area contributed by atoms with Crippen molar-refractivity contribution in [2.75, 3.05) is 5.32 Å². The van der Waals surface area contributed by atoms with Crippen molar-refractivity contribution in [2.24, 2.45) is 17.6 Å². The molecule has 1 aromatic heterocycles. The molecule has 0 saturated heterocycles. The summed E-state index contributed by atoms with van der Waals surface area (Å²) in [5.74, 6) is 1.57. The molecular formula is C14H21N3S. The highest BCUT2D eigenvalue weighted by molar-refractivity contribution is 7.80. The molecule has 2 rings (SSSR count). The second kappa shape index (κ2) is 5.65. The standard InChI is InChI=1S/C14H21N3S/c1-9-3-5-12(10(2)7-9)17-11-4-6-13(14(15)18)16-8-11/h4,6,8-10,12,17H,3,5,7H2,1-2H3,(H2,15,18). The SMILES string of the molecule is CC1CCC(Nc2ccc(C(N)=S)nc2)C(C)C1. The molecule has 3 atom stereocenters. The Morgan fingerprint density at radius 1 is 1.39 bits per heavy atom. The third-order valence-corrected chi connectivity index (χ3v) is 4.01. The highest BCUT2D eigenvalue weighted by atomic mass is 32.1. The molecule has 1 heterocycles. The summed E-state index contributed by atoms with van der Waals surface area (Å²) in [6, 6.07) is 4.44. The Morgan fingerprint density at radius 2 is 2.17 bits per heavy atom. The van der Waals surface area contributed by atoms with Gasteiger partial charge in [0.1, 0.15) is 4.99 Å². The predicted octanol–water partition coefficient (Wildman–Crippen LogP) is 2.95. The smallest absolute Gasteiger partial charge is 0.122 e. The van der Waals surface area contributed by atoms with Crippen LogP contribution in [0.5, 0.6) is 0 Å². The van der Waals surface area contributed by atoms with Crippen LogP contribution in [0.1, 0.15) is 38.8 Å². The van der Waals surface area contributed by atoms with Crippen molar-refractivity contribution in [2.45, 2.75) is 39.2 Å². The summed E-state index contributed by atoms with van der Waals surface area (Å²) in [6.07, 6.45) is 5.66. The Hall–Kier alpha value is -1.16. The summed E-state index contributed by atoms with van der Waals surface area (Å²) in [5, 5.41) is 3.57. The Kier molecular flexibility index (Phi) is 4.17. The number of aromatic nitrogens is 1. The molecule has 18 heavy (non-hydrogen) atoms. The van der Waals surface area contributed by atoms with Gasteiger partial charge in [-0.2, -0.15) is 0 Å². The molecule has 1 fully saturated rings. The van der Waals surface area contributed by atoms with Gasteiger partial charge in [0.25, 0.3) is 0 Å². The van der Waals surface area contributed by atoms with E-state index in [1.54, 1.807) is 0 Å². The first-order valence-electron chi connectivity index (χ1n) is 6.58. The highest BCUT2D eigenvalue weighted by Gasteiger charge is 2.25. The van der Waals surface area contributed by atoms with E-state index in [0.717, 1.165) is 11.6 Å². The monoisotopic (exact) mass is 263 g/mol. The summed E-state index contributed by atoms with van der Waals surface area (Å²) < 4.78 is 0. The zero-order valence-electron chi connectivity index (χ0n) is 11.0. The summed E-state index contributed by atoms with van der Waals surface area (Å²) in [4.78, 5) is 4.60. The number of hydrogen-bond donors (Lipinski definition) is 2. The number of hydrogen-bond acceptors (Lipinski definition) is 3. The van der Waals surface area contributed by atoms with Gasteiger partial charge in [-0.3, -0.25) is 4.98 Å². The molecule has 1 aliphatic carbocycles. The van der Waals surface area contributed by atoms with Gasteiger partial charge in [-0.1, -0.05) is 26.1 Å². The van der Waals surface area contributed by atoms with E-state index in [2.05, 4.69) is 24.1 Å². The van der Waals surface area contributed by atoms with Crippen molar-refractivity contribution in [3.8, 4) is 0 Å². The predicted molar refractivity (Wildman–Crippen MR) is 79.7 cm³/mol. The molecule has 3 N–H and O–H groups in total. The second-order valence-electron chi connectivity index (χ2n) is 5.44. The minimum Gasteiger partial charge on any atom is -0.388 e. The molecule has 0 spiro atoms. The highest BCUT2D eigenvalue weighted by Crippen LogP contribution is 2.30. The molecule has 1 aromatic rings. The molecule has 1 saturated carbocycles. The maximum Gasteiger partial charge on any atom is 0.122 e. The topological polar surface area (TPSA) is 50.9 Å². The van der Waals surface area contributed by atoms with Crippen LogP contribution in [0.4, 0.5) is 5.69 Å². The number of anilines is 1. The fourth-order valence-corrected chi connectivity index (χ4v) is 2.84. The van der Waals surface area contributed by atoms with Crippen LogP contribution in [-0.2, 0) is 0 Å². The molecule has 1 aliphatic rings. The number of nitrogens with zero attached hydrogens (tertiary/aromatic N) is 1. The Morgan fingerprint density at radius 3 is 2.72 bits per heavy atom. The third kappa shape index (κ3) is 3.19. The van der Waals surface area contributed by atoms with Crippen LogP contribution in [-0.4, -0.2) is 16.0 Å². The minimum absolute atomic E-state index is 0.349. The van der Waals surface area contributed by atoms with Crippen molar-refractivity contribution in [3.05, 3.63) is 24.0 Å². The van der Waals surface area contributed by atoms with E-state index in [1.807, 2.05) is 18.3 Å². The molecule has 98 valence electrons. The lowest BCUT2D eigenvalue weighted by Gasteiger charge is -2.33. The van der Waals surface area contributed by atoms with Gasteiger partial charge in [-0.25, -0.2) is 0 Å². The first-order chi connectivity index (χ1) is 8.56. The maximum atomic E-state index is 5.53. The van der Waals surface area contributed by atoms with Crippen molar-refractivity contribution >= 4 is 22.9 Å². The van der Waals surface area contributed by atoms with Gasteiger partial charge < -0.3 is 11.1 Å². The molecule has 4 heteroatoms. The third-order valence-electron chi connectivity index (χ3n) is 3.80. The van der Waals surface area contributed by atoms with Crippen LogP contribution in [0, 0.1) is 11.8 Å². The maximum absolute atomic E-state index is 5.53. The van der Waals surface area contributed by atoms with Gasteiger partial charge >= 0.3 is 0 Å². The van der Waals surface area contributed by atoms with Crippen LogP contribution in [0.2, 0.25) is 0 Å². The van der Waals surface area contributed by atoms with E-state index < -0.39 is 0 Å². The van der Waals surface area contributed by atoms with Crippen LogP contribution in [0.15, 0.2) is 18.3 Å². The van der Waals surface area contributed by atoms with Crippen LogP contribution in [0.25, 0.3) is 0 Å². The average Bonchev–Trinajstić information content (AvgIpc) is 2.33. The lowest BCUT2D eigenvalue weighted by Crippen LogP contribution is -2.33. The van der Waals surface area contributed by atoms with Gasteiger partial charge in [-0.15, -0.1) is 0 Å². The fourth-order valence-electron chi connectivity index (χ4n) is 2.72. The van der Waals surface area contributed by atoms with Crippen LogP contribution >= 0.6 is 12.2 Å². The number of pyridine rings is 1. The largest absolute Gasteiger partial charge is 0.388 e. The summed E-state index contributed by atoms with van der Waals surface area (Å²) in [6.45, 7) is 4.66. The molecule has 3 nitrogen and oxygen atoms in total. The first-order valence-corrected chi connectivity index (χ1v) is 6.99. The number of nitrogens with one attached hydrogen (secondary N) is 1. The fraction of sp³-hybridized carbons (Fsp3) is 0.571. The summed E-state index contributed by atoms with van der Waals surface area (Å²) in [7, 11) is 0. The number of rotatable bonds is 3. The quantitative estimate of drug-likeness (QED) is 0.823. The van der Waals surface area contributed by atoms with E-state index in [9.17, 15) is 0 Å². The van der Waals surface area contributed by atoms with Gasteiger partial charge in [0, 0.05) is 6.04 Å². The Labute approximate surface area is 114 Å². The lowest BCUT2D eigenvalue weighted by molar-refractivity contribution is 0.276. The van der Waals surface area contributed by atoms with Crippen LogP contribution < -0.4 is 11.1 Å². The Balaban J connectivity index is 1.99. The van der Waals surface area contributed by atoms with Gasteiger partial charge in [-0.05, 0) is 43.2 Å². The lowest BCUT2D eigenvalue weighted by atomic mass is 9.80.